The summed E-state index contributed by atoms with van der Waals surface area (Å²) >= 11 is 0. The molecule has 0 amide bonds. The number of halogens is 6. The SMILES string of the molecule is CCC1C(CC(O)(C(F)(F)F)C(F)(F)F)CC(C)C1C. The van der Waals surface area contributed by atoms with E-state index in [1.165, 1.54) is 0 Å². The summed E-state index contributed by atoms with van der Waals surface area (Å²) in [7, 11) is 0. The Morgan fingerprint density at radius 2 is 1.45 bits per heavy atom. The van der Waals surface area contributed by atoms with Gasteiger partial charge in [0.15, 0.2) is 0 Å². The monoisotopic (exact) mass is 306 g/mol. The van der Waals surface area contributed by atoms with Gasteiger partial charge in [0.25, 0.3) is 5.60 Å². The number of hydrogen-bond donors (Lipinski definition) is 1. The van der Waals surface area contributed by atoms with Crippen molar-refractivity contribution < 1.29 is 31.4 Å². The molecule has 1 rings (SSSR count). The Morgan fingerprint density at radius 1 is 1.00 bits per heavy atom. The van der Waals surface area contributed by atoms with E-state index in [-0.39, 0.29) is 24.2 Å². The minimum atomic E-state index is -5.71. The van der Waals surface area contributed by atoms with Gasteiger partial charge < -0.3 is 5.11 Å². The molecule has 1 saturated carbocycles. The predicted molar refractivity (Wildman–Crippen MR) is 61.9 cm³/mol. The maximum Gasteiger partial charge on any atom is 0.426 e. The Bertz CT molecular complexity index is 321. The molecule has 0 aromatic rings. The van der Waals surface area contributed by atoms with E-state index >= 15 is 0 Å². The molecule has 0 aromatic heterocycles. The zero-order valence-electron chi connectivity index (χ0n) is 11.6. The summed E-state index contributed by atoms with van der Waals surface area (Å²) in [6, 6.07) is 0. The summed E-state index contributed by atoms with van der Waals surface area (Å²) in [5.41, 5.74) is -4.61. The Morgan fingerprint density at radius 3 is 1.80 bits per heavy atom. The van der Waals surface area contributed by atoms with Gasteiger partial charge in [0.2, 0.25) is 0 Å². The van der Waals surface area contributed by atoms with Gasteiger partial charge in [-0.3, -0.25) is 0 Å². The lowest BCUT2D eigenvalue weighted by atomic mass is 9.80. The molecule has 1 nitrogen and oxygen atoms in total. The first-order chi connectivity index (χ1) is 8.85. The van der Waals surface area contributed by atoms with Crippen molar-refractivity contribution in [1.82, 2.24) is 0 Å². The fourth-order valence-corrected chi connectivity index (χ4v) is 3.43. The Balaban J connectivity index is 3.04. The quantitative estimate of drug-likeness (QED) is 0.758. The summed E-state index contributed by atoms with van der Waals surface area (Å²) in [5.74, 6) is -0.856. The third-order valence-corrected chi connectivity index (χ3v) is 4.82. The van der Waals surface area contributed by atoms with Crippen LogP contribution in [0.1, 0.15) is 40.0 Å². The van der Waals surface area contributed by atoms with Crippen LogP contribution in [0.4, 0.5) is 26.3 Å². The first-order valence-corrected chi connectivity index (χ1v) is 6.71. The van der Waals surface area contributed by atoms with Crippen LogP contribution in [0.2, 0.25) is 0 Å². The van der Waals surface area contributed by atoms with Gasteiger partial charge in [-0.2, -0.15) is 26.3 Å². The van der Waals surface area contributed by atoms with E-state index < -0.39 is 30.3 Å². The number of aliphatic hydroxyl groups is 1. The van der Waals surface area contributed by atoms with E-state index in [4.69, 9.17) is 0 Å². The van der Waals surface area contributed by atoms with E-state index in [2.05, 4.69) is 0 Å². The van der Waals surface area contributed by atoms with Crippen molar-refractivity contribution in [1.29, 1.82) is 0 Å². The van der Waals surface area contributed by atoms with Crippen molar-refractivity contribution in [2.75, 3.05) is 0 Å². The van der Waals surface area contributed by atoms with Gasteiger partial charge in [0.1, 0.15) is 0 Å². The summed E-state index contributed by atoms with van der Waals surface area (Å²) in [5, 5.41) is 9.28. The van der Waals surface area contributed by atoms with Crippen LogP contribution in [-0.4, -0.2) is 23.1 Å². The van der Waals surface area contributed by atoms with Crippen molar-refractivity contribution in [2.45, 2.75) is 58.0 Å². The first-order valence-electron chi connectivity index (χ1n) is 6.71. The van der Waals surface area contributed by atoms with Crippen LogP contribution in [0, 0.1) is 23.7 Å². The molecule has 4 unspecified atom stereocenters. The van der Waals surface area contributed by atoms with Crippen LogP contribution in [0.25, 0.3) is 0 Å². The molecule has 1 aliphatic rings. The largest absolute Gasteiger partial charge is 0.426 e. The van der Waals surface area contributed by atoms with Crippen molar-refractivity contribution >= 4 is 0 Å². The third-order valence-electron chi connectivity index (χ3n) is 4.82. The van der Waals surface area contributed by atoms with Crippen LogP contribution in [-0.2, 0) is 0 Å². The van der Waals surface area contributed by atoms with Gasteiger partial charge in [0, 0.05) is 0 Å². The lowest BCUT2D eigenvalue weighted by molar-refractivity contribution is -0.373. The molecule has 0 heterocycles. The van der Waals surface area contributed by atoms with Crippen LogP contribution >= 0.6 is 0 Å². The highest BCUT2D eigenvalue weighted by Gasteiger charge is 2.71. The van der Waals surface area contributed by atoms with E-state index in [0.717, 1.165) is 0 Å². The second-order valence-corrected chi connectivity index (χ2v) is 5.96. The van der Waals surface area contributed by atoms with Crippen LogP contribution < -0.4 is 0 Å². The normalized spacial score (nSPS) is 32.7. The molecule has 1 fully saturated rings. The summed E-state index contributed by atoms with van der Waals surface area (Å²) in [6.07, 6.45) is -11.9. The highest BCUT2D eigenvalue weighted by molar-refractivity contribution is 4.99. The van der Waals surface area contributed by atoms with Crippen LogP contribution in [0.5, 0.6) is 0 Å². The van der Waals surface area contributed by atoms with Crippen molar-refractivity contribution in [3.8, 4) is 0 Å². The molecule has 0 radical (unpaired) electrons. The maximum atomic E-state index is 12.7. The number of hydrogen-bond acceptors (Lipinski definition) is 1. The summed E-state index contributed by atoms with van der Waals surface area (Å²) < 4.78 is 76.3. The smallest absolute Gasteiger partial charge is 0.374 e. The van der Waals surface area contributed by atoms with E-state index in [1.807, 2.05) is 13.8 Å². The first kappa shape index (κ1) is 17.6. The highest BCUT2D eigenvalue weighted by Crippen LogP contribution is 2.52. The molecule has 0 aromatic carbocycles. The second-order valence-electron chi connectivity index (χ2n) is 5.96. The second kappa shape index (κ2) is 5.39. The molecule has 120 valence electrons. The molecular formula is C13H20F6O. The van der Waals surface area contributed by atoms with Gasteiger partial charge in [-0.15, -0.1) is 0 Å². The topological polar surface area (TPSA) is 20.2 Å². The van der Waals surface area contributed by atoms with E-state index in [1.54, 1.807) is 6.92 Å². The summed E-state index contributed by atoms with van der Waals surface area (Å²) in [4.78, 5) is 0. The van der Waals surface area contributed by atoms with Crippen molar-refractivity contribution in [2.24, 2.45) is 23.7 Å². The van der Waals surface area contributed by atoms with E-state index in [0.29, 0.717) is 6.42 Å². The zero-order chi connectivity index (χ0) is 15.9. The Hall–Kier alpha value is -0.460. The van der Waals surface area contributed by atoms with Crippen LogP contribution in [0.15, 0.2) is 0 Å². The van der Waals surface area contributed by atoms with Crippen molar-refractivity contribution in [3.63, 3.8) is 0 Å². The van der Waals surface area contributed by atoms with Gasteiger partial charge in [-0.25, -0.2) is 0 Å². The molecule has 1 N–H and O–H groups in total. The predicted octanol–water partition coefficient (Wildman–Crippen LogP) is 4.55. The molecule has 20 heavy (non-hydrogen) atoms. The fourth-order valence-electron chi connectivity index (χ4n) is 3.43. The molecule has 0 aliphatic heterocycles. The molecule has 7 heteroatoms. The Labute approximate surface area is 114 Å². The average Bonchev–Trinajstić information content (AvgIpc) is 2.51. The Kier molecular flexibility index (Phi) is 4.74. The summed E-state index contributed by atoms with van der Waals surface area (Å²) in [6.45, 7) is 5.43. The molecule has 0 saturated heterocycles. The van der Waals surface area contributed by atoms with E-state index in [9.17, 15) is 31.4 Å². The minimum absolute atomic E-state index is 0.0654. The highest BCUT2D eigenvalue weighted by atomic mass is 19.4. The minimum Gasteiger partial charge on any atom is -0.374 e. The molecule has 1 aliphatic carbocycles. The number of rotatable bonds is 3. The molecule has 4 atom stereocenters. The average molecular weight is 306 g/mol. The zero-order valence-corrected chi connectivity index (χ0v) is 11.6. The van der Waals surface area contributed by atoms with Gasteiger partial charge in [0.05, 0.1) is 0 Å². The van der Waals surface area contributed by atoms with Gasteiger partial charge >= 0.3 is 12.4 Å². The molecule has 0 bridgehead atoms. The number of alkyl halides is 6. The molecule has 0 spiro atoms. The van der Waals surface area contributed by atoms with Crippen LogP contribution in [0.3, 0.4) is 0 Å². The maximum absolute atomic E-state index is 12.7. The molecular weight excluding hydrogens is 286 g/mol. The third kappa shape index (κ3) is 2.92. The lowest BCUT2D eigenvalue weighted by Gasteiger charge is -2.36. The van der Waals surface area contributed by atoms with Crippen molar-refractivity contribution in [3.05, 3.63) is 0 Å². The van der Waals surface area contributed by atoms with Gasteiger partial charge in [-0.1, -0.05) is 27.2 Å². The van der Waals surface area contributed by atoms with Gasteiger partial charge in [-0.05, 0) is 36.5 Å². The fraction of sp³-hybridized carbons (Fsp3) is 1.00. The lowest BCUT2D eigenvalue weighted by Crippen LogP contribution is -2.58. The standard InChI is InChI=1S/C13H20F6O/c1-4-10-8(3)7(2)5-9(10)6-11(20,12(14,15)16)13(17,18)19/h7-10,20H,4-6H2,1-3H3.